The molecular formula is C12H20N4O2. The average molecular weight is 252 g/mol. The zero-order chi connectivity index (χ0) is 12.8. The molecule has 0 saturated heterocycles. The molecule has 0 aliphatic carbocycles. The van der Waals surface area contributed by atoms with Gasteiger partial charge in [-0.25, -0.2) is 0 Å². The van der Waals surface area contributed by atoms with Gasteiger partial charge in [0.2, 0.25) is 0 Å². The van der Waals surface area contributed by atoms with Gasteiger partial charge in [0.15, 0.2) is 0 Å². The van der Waals surface area contributed by atoms with Crippen LogP contribution in [-0.4, -0.2) is 33.9 Å². The normalized spacial score (nSPS) is 14.3. The molecule has 1 aliphatic rings. The maximum atomic E-state index is 11.1. The Labute approximate surface area is 107 Å². The molecule has 1 N–H and O–H groups in total. The van der Waals surface area contributed by atoms with Crippen LogP contribution in [0.15, 0.2) is 0 Å². The van der Waals surface area contributed by atoms with Gasteiger partial charge in [0.25, 0.3) is 0 Å². The average Bonchev–Trinajstić information content (AvgIpc) is 2.78. The molecule has 0 amide bonds. The van der Waals surface area contributed by atoms with Crippen LogP contribution in [-0.2, 0) is 29.0 Å². The van der Waals surface area contributed by atoms with Gasteiger partial charge >= 0.3 is 5.97 Å². The van der Waals surface area contributed by atoms with Crippen LogP contribution in [0.4, 0.5) is 0 Å². The highest BCUT2D eigenvalue weighted by Crippen LogP contribution is 2.13. The molecule has 6 heteroatoms. The lowest BCUT2D eigenvalue weighted by Crippen LogP contribution is -2.22. The number of carbonyl (C=O) groups is 1. The first-order chi connectivity index (χ1) is 8.81. The van der Waals surface area contributed by atoms with Crippen LogP contribution >= 0.6 is 0 Å². The van der Waals surface area contributed by atoms with Crippen molar-refractivity contribution < 1.29 is 9.53 Å². The van der Waals surface area contributed by atoms with Gasteiger partial charge in [0.05, 0.1) is 19.6 Å². The molecule has 0 radical (unpaired) electrons. The Morgan fingerprint density at radius 2 is 2.33 bits per heavy atom. The number of hydrogen-bond donors (Lipinski definition) is 1. The fraction of sp³-hybridized carbons (Fsp3) is 0.750. The second kappa shape index (κ2) is 6.49. The quantitative estimate of drug-likeness (QED) is 0.595. The SMILES string of the molecule is CCOC(=O)CCNCc1nnc2n1CCCC2. The van der Waals surface area contributed by atoms with Crippen LogP contribution in [0.1, 0.15) is 37.8 Å². The summed E-state index contributed by atoms with van der Waals surface area (Å²) in [6.45, 7) is 4.54. The summed E-state index contributed by atoms with van der Waals surface area (Å²) in [5, 5.41) is 11.6. The third-order valence-corrected chi connectivity index (χ3v) is 3.03. The first-order valence-corrected chi connectivity index (χ1v) is 6.58. The van der Waals surface area contributed by atoms with Gasteiger partial charge in [-0.15, -0.1) is 10.2 Å². The molecular weight excluding hydrogens is 232 g/mol. The molecule has 2 rings (SSSR count). The van der Waals surface area contributed by atoms with E-state index < -0.39 is 0 Å². The Balaban J connectivity index is 1.74. The standard InChI is InChI=1S/C12H20N4O2/c1-2-18-12(17)6-7-13-9-11-15-14-10-5-3-4-8-16(10)11/h13H,2-9H2,1H3. The van der Waals surface area contributed by atoms with Crippen LogP contribution in [0.3, 0.4) is 0 Å². The van der Waals surface area contributed by atoms with Crippen molar-refractivity contribution in [1.82, 2.24) is 20.1 Å². The highest BCUT2D eigenvalue weighted by atomic mass is 16.5. The Morgan fingerprint density at radius 3 is 3.17 bits per heavy atom. The van der Waals surface area contributed by atoms with E-state index in [1.54, 1.807) is 0 Å². The number of rotatable bonds is 6. The molecule has 0 bridgehead atoms. The second-order valence-corrected chi connectivity index (χ2v) is 4.37. The van der Waals surface area contributed by atoms with E-state index in [0.29, 0.717) is 26.1 Å². The molecule has 6 nitrogen and oxygen atoms in total. The predicted molar refractivity (Wildman–Crippen MR) is 65.9 cm³/mol. The summed E-state index contributed by atoms with van der Waals surface area (Å²) in [4.78, 5) is 11.1. The van der Waals surface area contributed by atoms with Crippen molar-refractivity contribution in [3.8, 4) is 0 Å². The van der Waals surface area contributed by atoms with E-state index in [-0.39, 0.29) is 5.97 Å². The molecule has 0 spiro atoms. The number of aromatic nitrogens is 3. The molecule has 0 unspecified atom stereocenters. The van der Waals surface area contributed by atoms with Crippen LogP contribution < -0.4 is 5.32 Å². The first-order valence-electron chi connectivity index (χ1n) is 6.58. The Morgan fingerprint density at radius 1 is 1.44 bits per heavy atom. The van der Waals surface area contributed by atoms with Crippen molar-refractivity contribution in [2.45, 2.75) is 45.7 Å². The molecule has 0 fully saturated rings. The number of nitrogens with one attached hydrogen (secondary N) is 1. The molecule has 0 atom stereocenters. The van der Waals surface area contributed by atoms with Crippen molar-refractivity contribution in [2.75, 3.05) is 13.2 Å². The maximum Gasteiger partial charge on any atom is 0.307 e. The number of aryl methyl sites for hydroxylation is 1. The maximum absolute atomic E-state index is 11.1. The van der Waals surface area contributed by atoms with E-state index in [2.05, 4.69) is 20.1 Å². The third-order valence-electron chi connectivity index (χ3n) is 3.03. The van der Waals surface area contributed by atoms with Crippen molar-refractivity contribution in [1.29, 1.82) is 0 Å². The van der Waals surface area contributed by atoms with E-state index in [1.165, 1.54) is 12.8 Å². The topological polar surface area (TPSA) is 69.0 Å². The number of esters is 1. The van der Waals surface area contributed by atoms with E-state index in [9.17, 15) is 4.79 Å². The number of fused-ring (bicyclic) bond motifs is 1. The number of carbonyl (C=O) groups excluding carboxylic acids is 1. The Hall–Kier alpha value is -1.43. The van der Waals surface area contributed by atoms with Crippen LogP contribution in [0.5, 0.6) is 0 Å². The molecule has 1 aromatic rings. The Kier molecular flexibility index (Phi) is 4.69. The van der Waals surface area contributed by atoms with Crippen molar-refractivity contribution in [3.63, 3.8) is 0 Å². The minimum Gasteiger partial charge on any atom is -0.466 e. The van der Waals surface area contributed by atoms with Gasteiger partial charge in [-0.3, -0.25) is 4.79 Å². The Bertz CT molecular complexity index is 403. The summed E-state index contributed by atoms with van der Waals surface area (Å²) >= 11 is 0. The molecule has 2 heterocycles. The lowest BCUT2D eigenvalue weighted by atomic mass is 10.2. The predicted octanol–water partition coefficient (Wildman–Crippen LogP) is 0.657. The van der Waals surface area contributed by atoms with Gasteiger partial charge in [0, 0.05) is 19.5 Å². The summed E-state index contributed by atoms with van der Waals surface area (Å²) in [6.07, 6.45) is 3.82. The highest BCUT2D eigenvalue weighted by Gasteiger charge is 2.15. The molecule has 1 aliphatic heterocycles. The monoisotopic (exact) mass is 252 g/mol. The molecule has 100 valence electrons. The van der Waals surface area contributed by atoms with Gasteiger partial charge < -0.3 is 14.6 Å². The number of ether oxygens (including phenoxy) is 1. The van der Waals surface area contributed by atoms with E-state index in [1.807, 2.05) is 6.92 Å². The summed E-state index contributed by atoms with van der Waals surface area (Å²) in [7, 11) is 0. The largest absolute Gasteiger partial charge is 0.466 e. The van der Waals surface area contributed by atoms with Gasteiger partial charge in [0.1, 0.15) is 11.6 Å². The van der Waals surface area contributed by atoms with Gasteiger partial charge in [-0.05, 0) is 19.8 Å². The van der Waals surface area contributed by atoms with E-state index in [0.717, 1.165) is 24.6 Å². The van der Waals surface area contributed by atoms with Crippen molar-refractivity contribution >= 4 is 5.97 Å². The van der Waals surface area contributed by atoms with E-state index >= 15 is 0 Å². The molecule has 1 aromatic heterocycles. The fourth-order valence-corrected chi connectivity index (χ4v) is 2.12. The smallest absolute Gasteiger partial charge is 0.307 e. The van der Waals surface area contributed by atoms with Gasteiger partial charge in [-0.1, -0.05) is 0 Å². The van der Waals surface area contributed by atoms with Crippen LogP contribution in [0, 0.1) is 0 Å². The molecule has 0 saturated carbocycles. The van der Waals surface area contributed by atoms with Crippen molar-refractivity contribution in [2.24, 2.45) is 0 Å². The van der Waals surface area contributed by atoms with Gasteiger partial charge in [-0.2, -0.15) is 0 Å². The lowest BCUT2D eigenvalue weighted by Gasteiger charge is -2.14. The zero-order valence-corrected chi connectivity index (χ0v) is 10.8. The first kappa shape index (κ1) is 13.0. The lowest BCUT2D eigenvalue weighted by molar-refractivity contribution is -0.142. The minimum atomic E-state index is -0.159. The second-order valence-electron chi connectivity index (χ2n) is 4.37. The summed E-state index contributed by atoms with van der Waals surface area (Å²) < 4.78 is 7.04. The minimum absolute atomic E-state index is 0.159. The number of nitrogens with zero attached hydrogens (tertiary/aromatic N) is 3. The summed E-state index contributed by atoms with van der Waals surface area (Å²) in [5.74, 6) is 1.89. The number of hydrogen-bond acceptors (Lipinski definition) is 5. The highest BCUT2D eigenvalue weighted by molar-refractivity contribution is 5.69. The molecule has 0 aromatic carbocycles. The zero-order valence-electron chi connectivity index (χ0n) is 10.8. The van der Waals surface area contributed by atoms with Crippen molar-refractivity contribution in [3.05, 3.63) is 11.6 Å². The van der Waals surface area contributed by atoms with Crippen LogP contribution in [0.25, 0.3) is 0 Å². The fourth-order valence-electron chi connectivity index (χ4n) is 2.12. The van der Waals surface area contributed by atoms with E-state index in [4.69, 9.17) is 4.74 Å². The summed E-state index contributed by atoms with van der Waals surface area (Å²) in [6, 6.07) is 0. The van der Waals surface area contributed by atoms with Crippen LogP contribution in [0.2, 0.25) is 0 Å². The summed E-state index contributed by atoms with van der Waals surface area (Å²) in [5.41, 5.74) is 0. The molecule has 18 heavy (non-hydrogen) atoms. The third kappa shape index (κ3) is 3.29.